The number of hydrogen-bond donors (Lipinski definition) is 1. The average Bonchev–Trinajstić information content (AvgIpc) is 3.69. The molecule has 31 heavy (non-hydrogen) atoms. The van der Waals surface area contributed by atoms with Crippen molar-refractivity contribution >= 4 is 5.91 Å². The van der Waals surface area contributed by atoms with Crippen molar-refractivity contribution in [3.63, 3.8) is 0 Å². The summed E-state index contributed by atoms with van der Waals surface area (Å²) in [6.45, 7) is 1.74. The van der Waals surface area contributed by atoms with Crippen molar-refractivity contribution in [1.29, 1.82) is 0 Å². The van der Waals surface area contributed by atoms with E-state index in [0.717, 1.165) is 30.5 Å². The van der Waals surface area contributed by atoms with E-state index in [1.807, 2.05) is 6.07 Å². The van der Waals surface area contributed by atoms with Gasteiger partial charge in [0.05, 0.1) is 6.04 Å². The summed E-state index contributed by atoms with van der Waals surface area (Å²) in [4.78, 5) is 22.1. The fourth-order valence-corrected chi connectivity index (χ4v) is 3.95. The summed E-state index contributed by atoms with van der Waals surface area (Å²) in [6.07, 6.45) is 5.99. The third kappa shape index (κ3) is 4.81. The topological polar surface area (TPSA) is 80.9 Å². The molecule has 0 radical (unpaired) electrons. The number of amides is 1. The maximum absolute atomic E-state index is 13.3. The zero-order valence-corrected chi connectivity index (χ0v) is 17.5. The molecule has 2 aliphatic rings. The van der Waals surface area contributed by atoms with Gasteiger partial charge in [-0.05, 0) is 60.4 Å². The zero-order chi connectivity index (χ0) is 21.4. The molecule has 2 aliphatic carbocycles. The van der Waals surface area contributed by atoms with Gasteiger partial charge in [0.1, 0.15) is 11.5 Å². The Kier molecular flexibility index (Phi) is 5.26. The van der Waals surface area contributed by atoms with Crippen molar-refractivity contribution in [2.45, 2.75) is 57.4 Å². The van der Waals surface area contributed by atoms with Crippen molar-refractivity contribution in [1.82, 2.24) is 20.4 Å². The minimum atomic E-state index is -0.289. The second kappa shape index (κ2) is 8.21. The van der Waals surface area contributed by atoms with Crippen LogP contribution in [0.25, 0.3) is 0 Å². The van der Waals surface area contributed by atoms with Crippen LogP contribution in [0.1, 0.15) is 83.1 Å². The summed E-state index contributed by atoms with van der Waals surface area (Å²) in [6, 6.07) is 9.98. The van der Waals surface area contributed by atoms with Gasteiger partial charge in [-0.15, -0.1) is 0 Å². The largest absolute Gasteiger partial charge is 0.341 e. The van der Waals surface area contributed by atoms with Crippen LogP contribution in [0.2, 0.25) is 0 Å². The van der Waals surface area contributed by atoms with Crippen LogP contribution in [0.15, 0.2) is 40.9 Å². The molecule has 3 aromatic rings. The second-order valence-electron chi connectivity index (χ2n) is 8.69. The predicted octanol–water partition coefficient (Wildman–Crippen LogP) is 4.65. The van der Waals surface area contributed by atoms with Crippen LogP contribution in [0.3, 0.4) is 0 Å². The van der Waals surface area contributed by atoms with E-state index < -0.39 is 0 Å². The molecule has 0 bridgehead atoms. The lowest BCUT2D eigenvalue weighted by Crippen LogP contribution is -2.30. The van der Waals surface area contributed by atoms with Crippen LogP contribution in [0, 0.1) is 18.7 Å². The van der Waals surface area contributed by atoms with E-state index in [-0.39, 0.29) is 17.8 Å². The maximum atomic E-state index is 13.3. The molecule has 1 N–H and O–H groups in total. The highest BCUT2D eigenvalue weighted by atomic mass is 19.1. The van der Waals surface area contributed by atoms with Crippen molar-refractivity contribution in [2.75, 3.05) is 0 Å². The van der Waals surface area contributed by atoms with E-state index in [9.17, 15) is 9.18 Å². The molecule has 2 heterocycles. The van der Waals surface area contributed by atoms with Gasteiger partial charge in [-0.2, -0.15) is 4.98 Å². The highest BCUT2D eigenvalue weighted by Crippen LogP contribution is 2.42. The van der Waals surface area contributed by atoms with Gasteiger partial charge in [-0.1, -0.05) is 36.2 Å². The van der Waals surface area contributed by atoms with Gasteiger partial charge in [-0.3, -0.25) is 4.79 Å². The summed E-state index contributed by atoms with van der Waals surface area (Å²) >= 11 is 0. The van der Waals surface area contributed by atoms with Crippen LogP contribution < -0.4 is 5.32 Å². The summed E-state index contributed by atoms with van der Waals surface area (Å²) < 4.78 is 18.4. The highest BCUT2D eigenvalue weighted by molar-refractivity contribution is 5.92. The minimum Gasteiger partial charge on any atom is -0.341 e. The summed E-state index contributed by atoms with van der Waals surface area (Å²) in [5, 5.41) is 7.08. The molecule has 0 saturated heterocycles. The van der Waals surface area contributed by atoms with E-state index in [0.29, 0.717) is 35.7 Å². The second-order valence-corrected chi connectivity index (χ2v) is 8.69. The van der Waals surface area contributed by atoms with Gasteiger partial charge in [0.25, 0.3) is 5.91 Å². The Morgan fingerprint density at radius 1 is 1.13 bits per heavy atom. The van der Waals surface area contributed by atoms with Crippen LogP contribution in [0.5, 0.6) is 0 Å². The highest BCUT2D eigenvalue weighted by Gasteiger charge is 2.31. The minimum absolute atomic E-state index is 0.240. The fourth-order valence-electron chi connectivity index (χ4n) is 3.95. The fraction of sp³-hybridized carbons (Fsp3) is 0.417. The first kappa shape index (κ1) is 19.8. The SMILES string of the molecule is Cc1nc(C(CC2CC2)NC(=O)c2ccc(C3CC3)c(Cc3ccc(F)cc3)n2)no1. The Hall–Kier alpha value is -3.09. The lowest BCUT2D eigenvalue weighted by Gasteiger charge is -2.16. The molecule has 6 nitrogen and oxygen atoms in total. The lowest BCUT2D eigenvalue weighted by atomic mass is 10.0. The number of carbonyl (C=O) groups excluding carboxylic acids is 1. The van der Waals surface area contributed by atoms with Crippen LogP contribution in [-0.4, -0.2) is 21.0 Å². The summed E-state index contributed by atoms with van der Waals surface area (Å²) in [5.74, 6) is 1.59. The molecule has 1 unspecified atom stereocenters. The Morgan fingerprint density at radius 3 is 2.55 bits per heavy atom. The predicted molar refractivity (Wildman–Crippen MR) is 112 cm³/mol. The standard InChI is InChI=1S/C24H25FN4O2/c1-14-26-23(29-31-14)22(13-15-2-3-15)28-24(30)20-11-10-19(17-6-7-17)21(27-20)12-16-4-8-18(25)9-5-16/h4-5,8-11,15,17,22H,2-3,6-7,12-13H2,1H3,(H,28,30). The Morgan fingerprint density at radius 2 is 1.90 bits per heavy atom. The van der Waals surface area contributed by atoms with Gasteiger partial charge >= 0.3 is 0 Å². The third-order valence-corrected chi connectivity index (χ3v) is 5.97. The number of nitrogens with one attached hydrogen (secondary N) is 1. The summed E-state index contributed by atoms with van der Waals surface area (Å²) in [5.41, 5.74) is 3.42. The Balaban J connectivity index is 1.38. The number of hydrogen-bond acceptors (Lipinski definition) is 5. The number of carbonyl (C=O) groups is 1. The molecule has 2 saturated carbocycles. The first-order valence-corrected chi connectivity index (χ1v) is 10.9. The van der Waals surface area contributed by atoms with E-state index in [1.54, 1.807) is 25.1 Å². The molecule has 7 heteroatoms. The first-order chi connectivity index (χ1) is 15.0. The molecule has 1 aromatic carbocycles. The number of aryl methyl sites for hydroxylation is 1. The molecular weight excluding hydrogens is 395 g/mol. The van der Waals surface area contributed by atoms with Crippen molar-refractivity contribution in [2.24, 2.45) is 5.92 Å². The monoisotopic (exact) mass is 420 g/mol. The van der Waals surface area contributed by atoms with E-state index in [4.69, 9.17) is 9.51 Å². The number of halogens is 1. The van der Waals surface area contributed by atoms with Crippen molar-refractivity contribution in [3.05, 3.63) is 76.4 Å². The molecule has 160 valence electrons. The van der Waals surface area contributed by atoms with E-state index in [1.165, 1.54) is 30.5 Å². The number of benzene rings is 1. The lowest BCUT2D eigenvalue weighted by molar-refractivity contribution is 0.0925. The molecular formula is C24H25FN4O2. The number of pyridine rings is 1. The quantitative estimate of drug-likeness (QED) is 0.574. The number of nitrogens with zero attached hydrogens (tertiary/aromatic N) is 3. The Bertz CT molecular complexity index is 1090. The van der Waals surface area contributed by atoms with Crippen LogP contribution in [0.4, 0.5) is 4.39 Å². The van der Waals surface area contributed by atoms with Gasteiger partial charge in [0.2, 0.25) is 5.89 Å². The molecule has 5 rings (SSSR count). The van der Waals surface area contributed by atoms with E-state index >= 15 is 0 Å². The molecule has 2 aromatic heterocycles. The number of rotatable bonds is 8. The molecule has 1 atom stereocenters. The third-order valence-electron chi connectivity index (χ3n) is 5.97. The van der Waals surface area contributed by atoms with E-state index in [2.05, 4.69) is 15.5 Å². The van der Waals surface area contributed by atoms with Crippen LogP contribution >= 0.6 is 0 Å². The maximum Gasteiger partial charge on any atom is 0.270 e. The van der Waals surface area contributed by atoms with Crippen molar-refractivity contribution in [3.8, 4) is 0 Å². The molecule has 0 aliphatic heterocycles. The smallest absolute Gasteiger partial charge is 0.270 e. The molecule has 2 fully saturated rings. The van der Waals surface area contributed by atoms with Gasteiger partial charge in [0, 0.05) is 19.0 Å². The van der Waals surface area contributed by atoms with Crippen molar-refractivity contribution < 1.29 is 13.7 Å². The zero-order valence-electron chi connectivity index (χ0n) is 17.5. The van der Waals surface area contributed by atoms with Gasteiger partial charge < -0.3 is 9.84 Å². The van der Waals surface area contributed by atoms with Gasteiger partial charge in [-0.25, -0.2) is 9.37 Å². The Labute approximate surface area is 180 Å². The average molecular weight is 420 g/mol. The summed E-state index contributed by atoms with van der Waals surface area (Å²) in [7, 11) is 0. The number of aromatic nitrogens is 3. The van der Waals surface area contributed by atoms with Crippen LogP contribution in [-0.2, 0) is 6.42 Å². The normalized spacial score (nSPS) is 16.8. The molecule has 0 spiro atoms. The molecule has 1 amide bonds. The first-order valence-electron chi connectivity index (χ1n) is 10.9. The van der Waals surface area contributed by atoms with Gasteiger partial charge in [0.15, 0.2) is 5.82 Å².